The summed E-state index contributed by atoms with van der Waals surface area (Å²) >= 11 is 0. The summed E-state index contributed by atoms with van der Waals surface area (Å²) < 4.78 is 27.6. The highest BCUT2D eigenvalue weighted by Crippen LogP contribution is 2.21. The van der Waals surface area contributed by atoms with Crippen LogP contribution in [0.4, 0.5) is 0 Å². The average molecular weight is 291 g/mol. The van der Waals surface area contributed by atoms with Gasteiger partial charge in [-0.05, 0) is 30.5 Å². The number of carbonyl (C=O) groups excluding carboxylic acids is 1. The summed E-state index contributed by atoms with van der Waals surface area (Å²) in [4.78, 5) is 11.6. The van der Waals surface area contributed by atoms with Crippen LogP contribution >= 0.6 is 10.7 Å². The predicted molar refractivity (Wildman–Crippen MR) is 69.3 cm³/mol. The fourth-order valence-electron chi connectivity index (χ4n) is 1.32. The molecule has 0 N–H and O–H groups in total. The number of rotatable bonds is 4. The van der Waals surface area contributed by atoms with Crippen molar-refractivity contribution in [3.8, 4) is 0 Å². The molecule has 6 heteroatoms. The van der Waals surface area contributed by atoms with Crippen LogP contribution < -0.4 is 0 Å². The highest BCUT2D eigenvalue weighted by molar-refractivity contribution is 8.13. The summed E-state index contributed by atoms with van der Waals surface area (Å²) in [5.74, 6) is -0.333. The summed E-state index contributed by atoms with van der Waals surface area (Å²) in [5.41, 5.74) is 0.672. The second kappa shape index (κ2) is 5.71. The van der Waals surface area contributed by atoms with Gasteiger partial charge in [-0.25, -0.2) is 13.2 Å². The highest BCUT2D eigenvalue weighted by Gasteiger charge is 2.17. The first-order valence-corrected chi connectivity index (χ1v) is 7.75. The SMILES string of the molecule is Cc1ccc(C(=O)OCC(C)C)cc1S(=O)(=O)Cl. The summed E-state index contributed by atoms with van der Waals surface area (Å²) in [6.07, 6.45) is 0. The number of carbonyl (C=O) groups is 1. The van der Waals surface area contributed by atoms with Crippen molar-refractivity contribution in [2.24, 2.45) is 5.92 Å². The van der Waals surface area contributed by atoms with E-state index in [1.807, 2.05) is 13.8 Å². The Hall–Kier alpha value is -1.07. The van der Waals surface area contributed by atoms with Crippen molar-refractivity contribution in [1.29, 1.82) is 0 Å². The van der Waals surface area contributed by atoms with Crippen LogP contribution in [0.3, 0.4) is 0 Å². The van der Waals surface area contributed by atoms with Gasteiger partial charge in [0.25, 0.3) is 9.05 Å². The largest absolute Gasteiger partial charge is 0.462 e. The standard InChI is InChI=1S/C12H15ClO4S/c1-8(2)7-17-12(14)10-5-4-9(3)11(6-10)18(13,15)16/h4-6,8H,7H2,1-3H3. The van der Waals surface area contributed by atoms with Gasteiger partial charge in [-0.3, -0.25) is 0 Å². The second-order valence-corrected chi connectivity index (χ2v) is 6.94. The molecule has 0 amide bonds. The fraction of sp³-hybridized carbons (Fsp3) is 0.417. The van der Waals surface area contributed by atoms with Crippen molar-refractivity contribution in [2.45, 2.75) is 25.7 Å². The maximum absolute atomic E-state index is 11.7. The van der Waals surface area contributed by atoms with Crippen molar-refractivity contribution in [2.75, 3.05) is 6.61 Å². The zero-order valence-corrected chi connectivity index (χ0v) is 12.0. The third-order valence-corrected chi connectivity index (χ3v) is 3.70. The van der Waals surface area contributed by atoms with Crippen LogP contribution in [0, 0.1) is 12.8 Å². The molecule has 0 aliphatic heterocycles. The molecule has 0 aliphatic rings. The van der Waals surface area contributed by atoms with E-state index in [-0.39, 0.29) is 23.0 Å². The molecule has 0 saturated carbocycles. The van der Waals surface area contributed by atoms with Crippen LogP contribution in [0.1, 0.15) is 29.8 Å². The molecule has 1 aromatic rings. The molecule has 1 rings (SSSR count). The molecular formula is C12H15ClO4S. The zero-order valence-electron chi connectivity index (χ0n) is 10.4. The molecule has 4 nitrogen and oxygen atoms in total. The Labute approximate surface area is 111 Å². The summed E-state index contributed by atoms with van der Waals surface area (Å²) in [7, 11) is 1.43. The highest BCUT2D eigenvalue weighted by atomic mass is 35.7. The molecule has 0 atom stereocenters. The van der Waals surface area contributed by atoms with E-state index in [9.17, 15) is 13.2 Å². The molecule has 0 aromatic heterocycles. The predicted octanol–water partition coefficient (Wildman–Crippen LogP) is 2.74. The van der Waals surface area contributed by atoms with Crippen LogP contribution in [-0.4, -0.2) is 21.0 Å². The summed E-state index contributed by atoms with van der Waals surface area (Å²) in [5, 5.41) is 0. The molecular weight excluding hydrogens is 276 g/mol. The van der Waals surface area contributed by atoms with Gasteiger partial charge in [0, 0.05) is 10.7 Å². The third-order valence-electron chi connectivity index (χ3n) is 2.23. The lowest BCUT2D eigenvalue weighted by atomic mass is 10.1. The second-order valence-electron chi connectivity index (χ2n) is 4.41. The number of hydrogen-bond acceptors (Lipinski definition) is 4. The Bertz CT molecular complexity index is 549. The fourth-order valence-corrected chi connectivity index (χ4v) is 2.53. The van der Waals surface area contributed by atoms with Gasteiger partial charge in [0.05, 0.1) is 17.1 Å². The molecule has 0 bridgehead atoms. The number of esters is 1. The van der Waals surface area contributed by atoms with Crippen molar-refractivity contribution in [3.05, 3.63) is 29.3 Å². The number of aryl methyl sites for hydroxylation is 1. The molecule has 0 fully saturated rings. The minimum Gasteiger partial charge on any atom is -0.462 e. The van der Waals surface area contributed by atoms with E-state index >= 15 is 0 Å². The molecule has 100 valence electrons. The minimum absolute atomic E-state index is 0.0665. The normalized spacial score (nSPS) is 11.6. The smallest absolute Gasteiger partial charge is 0.338 e. The average Bonchev–Trinajstić information content (AvgIpc) is 2.24. The molecule has 1 aromatic carbocycles. The van der Waals surface area contributed by atoms with Crippen LogP contribution in [0.5, 0.6) is 0 Å². The van der Waals surface area contributed by atoms with Gasteiger partial charge in [0.15, 0.2) is 0 Å². The van der Waals surface area contributed by atoms with Crippen LogP contribution in [0.15, 0.2) is 23.1 Å². The van der Waals surface area contributed by atoms with Crippen LogP contribution in [0.2, 0.25) is 0 Å². The number of hydrogen-bond donors (Lipinski definition) is 0. The van der Waals surface area contributed by atoms with Gasteiger partial charge < -0.3 is 4.74 Å². The van der Waals surface area contributed by atoms with E-state index in [0.29, 0.717) is 5.56 Å². The molecule has 0 saturated heterocycles. The van der Waals surface area contributed by atoms with Gasteiger partial charge in [0.2, 0.25) is 0 Å². The minimum atomic E-state index is -3.86. The zero-order chi connectivity index (χ0) is 13.9. The van der Waals surface area contributed by atoms with E-state index in [1.165, 1.54) is 18.2 Å². The Balaban J connectivity index is 3.02. The Morgan fingerprint density at radius 1 is 1.39 bits per heavy atom. The van der Waals surface area contributed by atoms with Gasteiger partial charge in [-0.2, -0.15) is 0 Å². The van der Waals surface area contributed by atoms with E-state index in [2.05, 4.69) is 0 Å². The van der Waals surface area contributed by atoms with Gasteiger partial charge in [0.1, 0.15) is 0 Å². The van der Waals surface area contributed by atoms with E-state index in [1.54, 1.807) is 6.92 Å². The monoisotopic (exact) mass is 290 g/mol. The van der Waals surface area contributed by atoms with Crippen molar-refractivity contribution >= 4 is 25.7 Å². The molecule has 0 unspecified atom stereocenters. The van der Waals surface area contributed by atoms with Gasteiger partial charge in [-0.1, -0.05) is 19.9 Å². The first kappa shape index (κ1) is 15.0. The first-order valence-electron chi connectivity index (χ1n) is 5.44. The van der Waals surface area contributed by atoms with Crippen molar-refractivity contribution in [1.82, 2.24) is 0 Å². The van der Waals surface area contributed by atoms with Crippen LogP contribution in [-0.2, 0) is 13.8 Å². The van der Waals surface area contributed by atoms with E-state index in [4.69, 9.17) is 15.4 Å². The third kappa shape index (κ3) is 3.99. The summed E-state index contributed by atoms with van der Waals surface area (Å²) in [6.45, 7) is 5.72. The number of halogens is 1. The Morgan fingerprint density at radius 2 is 2.00 bits per heavy atom. The Morgan fingerprint density at radius 3 is 2.50 bits per heavy atom. The molecule has 0 aliphatic carbocycles. The van der Waals surface area contributed by atoms with Crippen molar-refractivity contribution in [3.63, 3.8) is 0 Å². The van der Waals surface area contributed by atoms with Gasteiger partial charge in [-0.15, -0.1) is 0 Å². The molecule has 0 radical (unpaired) electrons. The molecule has 18 heavy (non-hydrogen) atoms. The maximum Gasteiger partial charge on any atom is 0.338 e. The van der Waals surface area contributed by atoms with E-state index < -0.39 is 15.0 Å². The maximum atomic E-state index is 11.7. The van der Waals surface area contributed by atoms with Gasteiger partial charge >= 0.3 is 5.97 Å². The lowest BCUT2D eigenvalue weighted by Gasteiger charge is -2.08. The quantitative estimate of drug-likeness (QED) is 0.632. The lowest BCUT2D eigenvalue weighted by Crippen LogP contribution is -2.11. The number of ether oxygens (including phenoxy) is 1. The Kier molecular flexibility index (Phi) is 4.76. The van der Waals surface area contributed by atoms with Crippen molar-refractivity contribution < 1.29 is 17.9 Å². The molecule has 0 heterocycles. The molecule has 0 spiro atoms. The number of benzene rings is 1. The topological polar surface area (TPSA) is 60.4 Å². The van der Waals surface area contributed by atoms with E-state index in [0.717, 1.165) is 0 Å². The summed E-state index contributed by atoms with van der Waals surface area (Å²) in [6, 6.07) is 4.28. The lowest BCUT2D eigenvalue weighted by molar-refractivity contribution is 0.0458. The van der Waals surface area contributed by atoms with Crippen LogP contribution in [0.25, 0.3) is 0 Å². The first-order chi connectivity index (χ1) is 8.21.